The Morgan fingerprint density at radius 1 is 0.886 bits per heavy atom. The van der Waals surface area contributed by atoms with Crippen LogP contribution in [0.25, 0.3) is 0 Å². The van der Waals surface area contributed by atoms with E-state index in [0.717, 1.165) is 55.5 Å². The smallest absolute Gasteiger partial charge is 0.326 e. The number of nitrogens with zero attached hydrogens (tertiary/aromatic N) is 2. The molecule has 1 saturated heterocycles. The Labute approximate surface area is 264 Å². The number of amides is 2. The molecule has 0 saturated carbocycles. The highest BCUT2D eigenvalue weighted by molar-refractivity contribution is 7.92. The van der Waals surface area contributed by atoms with Gasteiger partial charge in [-0.3, -0.25) is 14.5 Å². The van der Waals surface area contributed by atoms with Crippen LogP contribution in [0.4, 0.5) is 26.2 Å². The predicted octanol–water partition coefficient (Wildman–Crippen LogP) is 7.42. The second-order valence-corrected chi connectivity index (χ2v) is 12.5. The molecule has 2 N–H and O–H groups in total. The number of nitrogens with one attached hydrogen (secondary N) is 2. The molecule has 0 bridgehead atoms. The molecule has 0 atom stereocenters. The molecular formula is C33H36ClFN4O4S. The van der Waals surface area contributed by atoms with Crippen LogP contribution in [0.2, 0.25) is 0 Å². The first-order valence-electron chi connectivity index (χ1n) is 14.1. The summed E-state index contributed by atoms with van der Waals surface area (Å²) in [4.78, 5) is 17.8. The molecule has 1 aliphatic heterocycles. The molecule has 4 aromatic rings. The maximum atomic E-state index is 13.5. The summed E-state index contributed by atoms with van der Waals surface area (Å²) in [5.41, 5.74) is 4.07. The van der Waals surface area contributed by atoms with E-state index in [1.807, 2.05) is 60.4 Å². The number of halogens is 2. The Hall–Kier alpha value is -4.12. The van der Waals surface area contributed by atoms with E-state index >= 15 is 0 Å². The molecule has 0 aromatic heterocycles. The fraction of sp³-hybridized carbons (Fsp3) is 0.242. The Morgan fingerprint density at radius 2 is 1.45 bits per heavy atom. The number of aryl methyl sites for hydroxylation is 1. The van der Waals surface area contributed by atoms with Gasteiger partial charge < -0.3 is 10.1 Å². The highest BCUT2D eigenvalue weighted by atomic mass is 35.5. The van der Waals surface area contributed by atoms with Crippen LogP contribution in [-0.2, 0) is 16.6 Å². The third-order valence-corrected chi connectivity index (χ3v) is 7.94. The van der Waals surface area contributed by atoms with Crippen molar-refractivity contribution in [3.8, 4) is 11.5 Å². The fourth-order valence-corrected chi connectivity index (χ4v) is 5.78. The Kier molecular flexibility index (Phi) is 10.9. The number of benzene rings is 4. The van der Waals surface area contributed by atoms with Gasteiger partial charge in [-0.2, -0.15) is 0 Å². The van der Waals surface area contributed by atoms with Gasteiger partial charge in [0.05, 0.1) is 6.26 Å². The maximum absolute atomic E-state index is 13.5. The van der Waals surface area contributed by atoms with Gasteiger partial charge in [-0.1, -0.05) is 30.3 Å². The van der Waals surface area contributed by atoms with Crippen molar-refractivity contribution in [2.24, 2.45) is 0 Å². The van der Waals surface area contributed by atoms with Crippen LogP contribution in [0, 0.1) is 12.7 Å². The minimum Gasteiger partial charge on any atom is -0.457 e. The largest absolute Gasteiger partial charge is 0.457 e. The molecule has 4 aromatic carbocycles. The standard InChI is InChI=1S/C33H35FN4O4S.ClH/c1-24-5-3-4-6-32(24)38(33(39)35-27-11-9-26(34)10-12-27)29-19-21-37(22-20-29)23-25-7-15-30(16-8-25)42-31-17-13-28(14-18-31)36-43(2,40)41;/h3-18,29,36H,19-23H2,1-2H3,(H,35,39);1H. The topological polar surface area (TPSA) is 91.0 Å². The Balaban J connectivity index is 0.00000442. The van der Waals surface area contributed by atoms with Gasteiger partial charge in [0.1, 0.15) is 17.3 Å². The van der Waals surface area contributed by atoms with Gasteiger partial charge in [0.25, 0.3) is 0 Å². The number of para-hydroxylation sites is 1. The molecule has 1 aliphatic rings. The summed E-state index contributed by atoms with van der Waals surface area (Å²) in [7, 11) is -3.33. The van der Waals surface area contributed by atoms with Gasteiger partial charge in [0, 0.05) is 42.7 Å². The van der Waals surface area contributed by atoms with Gasteiger partial charge in [0.15, 0.2) is 0 Å². The van der Waals surface area contributed by atoms with E-state index in [1.54, 1.807) is 36.4 Å². The van der Waals surface area contributed by atoms with E-state index in [2.05, 4.69) is 14.9 Å². The number of hydrogen-bond donors (Lipinski definition) is 2. The number of piperidine rings is 1. The molecule has 0 unspecified atom stereocenters. The second-order valence-electron chi connectivity index (χ2n) is 10.7. The molecule has 0 spiro atoms. The molecule has 8 nitrogen and oxygen atoms in total. The lowest BCUT2D eigenvalue weighted by Crippen LogP contribution is -2.49. The molecular weight excluding hydrogens is 603 g/mol. The third kappa shape index (κ3) is 8.95. The van der Waals surface area contributed by atoms with Crippen molar-refractivity contribution in [2.75, 3.05) is 34.3 Å². The van der Waals surface area contributed by atoms with Gasteiger partial charge in [0.2, 0.25) is 10.0 Å². The monoisotopic (exact) mass is 638 g/mol. The molecule has 5 rings (SSSR count). The van der Waals surface area contributed by atoms with Crippen LogP contribution in [0.1, 0.15) is 24.0 Å². The molecule has 0 radical (unpaired) electrons. The molecule has 232 valence electrons. The average Bonchev–Trinajstić information content (AvgIpc) is 2.98. The minimum atomic E-state index is -3.33. The predicted molar refractivity (Wildman–Crippen MR) is 176 cm³/mol. The molecule has 1 fully saturated rings. The van der Waals surface area contributed by atoms with Crippen LogP contribution < -0.4 is 19.7 Å². The first kappa shape index (κ1) is 32.8. The zero-order valence-corrected chi connectivity index (χ0v) is 26.2. The fourth-order valence-electron chi connectivity index (χ4n) is 5.22. The van der Waals surface area contributed by atoms with E-state index in [0.29, 0.717) is 22.9 Å². The van der Waals surface area contributed by atoms with Gasteiger partial charge >= 0.3 is 6.03 Å². The second kappa shape index (κ2) is 14.6. The number of hydrogen-bond acceptors (Lipinski definition) is 5. The zero-order chi connectivity index (χ0) is 30.4. The maximum Gasteiger partial charge on any atom is 0.326 e. The molecule has 11 heteroatoms. The van der Waals surface area contributed by atoms with E-state index < -0.39 is 10.0 Å². The number of anilines is 3. The van der Waals surface area contributed by atoms with Gasteiger partial charge in [-0.25, -0.2) is 17.6 Å². The number of urea groups is 1. The summed E-state index contributed by atoms with van der Waals surface area (Å²) in [6.45, 7) is 4.46. The normalized spacial score (nSPS) is 13.9. The number of rotatable bonds is 9. The van der Waals surface area contributed by atoms with Crippen molar-refractivity contribution >= 4 is 45.5 Å². The van der Waals surface area contributed by atoms with Crippen molar-refractivity contribution < 1.29 is 22.3 Å². The number of likely N-dealkylation sites (tertiary alicyclic amines) is 1. The van der Waals surface area contributed by atoms with Crippen LogP contribution in [0.5, 0.6) is 11.5 Å². The zero-order valence-electron chi connectivity index (χ0n) is 24.6. The summed E-state index contributed by atoms with van der Waals surface area (Å²) in [5.74, 6) is 0.946. The minimum absolute atomic E-state index is 0. The summed E-state index contributed by atoms with van der Waals surface area (Å²) in [6, 6.07) is 28.1. The molecule has 2 amide bonds. The quantitative estimate of drug-likeness (QED) is 0.199. The Bertz CT molecular complexity index is 1640. The van der Waals surface area contributed by atoms with E-state index in [4.69, 9.17) is 4.74 Å². The van der Waals surface area contributed by atoms with Crippen LogP contribution >= 0.6 is 12.4 Å². The van der Waals surface area contributed by atoms with Gasteiger partial charge in [-0.05, 0) is 97.6 Å². The average molecular weight is 639 g/mol. The summed E-state index contributed by atoms with van der Waals surface area (Å²) in [5, 5.41) is 2.95. The lowest BCUT2D eigenvalue weighted by molar-refractivity contribution is 0.199. The molecule has 1 heterocycles. The number of sulfonamides is 1. The number of ether oxygens (including phenoxy) is 1. The van der Waals surface area contributed by atoms with E-state index in [1.165, 1.54) is 12.1 Å². The summed E-state index contributed by atoms with van der Waals surface area (Å²) in [6.07, 6.45) is 2.74. The molecule has 0 aliphatic carbocycles. The molecule has 44 heavy (non-hydrogen) atoms. The van der Waals surface area contributed by atoms with Crippen molar-refractivity contribution in [1.82, 2.24) is 4.90 Å². The van der Waals surface area contributed by atoms with E-state index in [9.17, 15) is 17.6 Å². The SMILES string of the molecule is Cc1ccccc1N(C(=O)Nc1ccc(F)cc1)C1CCN(Cc2ccc(Oc3ccc(NS(C)(=O)=O)cc3)cc2)CC1.Cl. The first-order valence-corrected chi connectivity index (χ1v) is 16.0. The van der Waals surface area contributed by atoms with Crippen LogP contribution in [0.3, 0.4) is 0 Å². The van der Waals surface area contributed by atoms with Gasteiger partial charge in [-0.15, -0.1) is 12.4 Å². The number of carbonyl (C=O) groups is 1. The highest BCUT2D eigenvalue weighted by Gasteiger charge is 2.30. The van der Waals surface area contributed by atoms with Crippen molar-refractivity contribution in [2.45, 2.75) is 32.4 Å². The third-order valence-electron chi connectivity index (χ3n) is 7.33. The van der Waals surface area contributed by atoms with Crippen LogP contribution in [-0.4, -0.2) is 44.7 Å². The van der Waals surface area contributed by atoms with Crippen molar-refractivity contribution in [3.63, 3.8) is 0 Å². The summed E-state index contributed by atoms with van der Waals surface area (Å²) < 4.78 is 44.5. The number of carbonyl (C=O) groups excluding carboxylic acids is 1. The summed E-state index contributed by atoms with van der Waals surface area (Å²) >= 11 is 0. The lowest BCUT2D eigenvalue weighted by Gasteiger charge is -2.39. The highest BCUT2D eigenvalue weighted by Crippen LogP contribution is 2.29. The first-order chi connectivity index (χ1) is 20.6. The van der Waals surface area contributed by atoms with Crippen LogP contribution in [0.15, 0.2) is 97.1 Å². The van der Waals surface area contributed by atoms with Crippen molar-refractivity contribution in [3.05, 3.63) is 114 Å². The van der Waals surface area contributed by atoms with E-state index in [-0.39, 0.29) is 30.3 Å². The lowest BCUT2D eigenvalue weighted by atomic mass is 10.0. The van der Waals surface area contributed by atoms with Crippen molar-refractivity contribution in [1.29, 1.82) is 0 Å². The Morgan fingerprint density at radius 3 is 2.05 bits per heavy atom.